The highest BCUT2D eigenvalue weighted by Crippen LogP contribution is 2.26. The molecule has 13 nitrogen and oxygen atoms in total. The van der Waals surface area contributed by atoms with Crippen molar-refractivity contribution in [1.82, 2.24) is 24.6 Å². The van der Waals surface area contributed by atoms with Crippen molar-refractivity contribution in [1.29, 1.82) is 0 Å². The maximum absolute atomic E-state index is 13.3. The van der Waals surface area contributed by atoms with Crippen molar-refractivity contribution in [2.24, 2.45) is 7.05 Å². The van der Waals surface area contributed by atoms with Crippen LogP contribution in [-0.2, 0) is 28.4 Å². The first-order valence-corrected chi connectivity index (χ1v) is 15.5. The largest absolute Gasteiger partial charge is 0.494 e. The number of amides is 1. The number of hydrogen-bond acceptors (Lipinski definition) is 8. The van der Waals surface area contributed by atoms with Gasteiger partial charge in [0.05, 0.1) is 17.0 Å². The van der Waals surface area contributed by atoms with Crippen LogP contribution in [0.5, 0.6) is 5.75 Å². The molecule has 2 aromatic heterocycles. The highest BCUT2D eigenvalue weighted by atomic mass is 32.2. The number of ether oxygens (including phenoxy) is 1. The average Bonchev–Trinajstić information content (AvgIpc) is 3.49. The highest BCUT2D eigenvalue weighted by Gasteiger charge is 2.29. The number of carbonyl (C=O) groups excluding carboxylic acids is 1. The number of nitrogens with one attached hydrogen (secondary N) is 4. The Labute approximate surface area is 254 Å². The maximum Gasteiger partial charge on any atom is 0.323 e. The normalized spacial score (nSPS) is 12.2. The molecule has 0 saturated heterocycles. The zero-order chi connectivity index (χ0) is 32.0. The molecule has 0 radical (unpaired) electrons. The lowest BCUT2D eigenvalue weighted by atomic mass is 10.1. The second-order valence-electron chi connectivity index (χ2n) is 10.4. The molecule has 1 unspecified atom stereocenters. The molecule has 0 saturated carbocycles. The van der Waals surface area contributed by atoms with Gasteiger partial charge in [-0.15, -0.1) is 0 Å². The molecule has 0 fully saturated rings. The fraction of sp³-hybridized carbons (Fsp3) is 0.333. The predicted octanol–water partition coefficient (Wildman–Crippen LogP) is 2.83. The summed E-state index contributed by atoms with van der Waals surface area (Å²) in [7, 11) is -2.62. The second-order valence-corrected chi connectivity index (χ2v) is 12.1. The third kappa shape index (κ3) is 7.44. The van der Waals surface area contributed by atoms with Crippen LogP contribution in [0.4, 0.5) is 5.95 Å². The number of anilines is 1. The van der Waals surface area contributed by atoms with Gasteiger partial charge in [0.1, 0.15) is 17.4 Å². The topological polar surface area (TPSA) is 185 Å². The number of carboxylic acid groups (broad SMARTS) is 1. The number of imidazole rings is 1. The van der Waals surface area contributed by atoms with Gasteiger partial charge in [-0.25, -0.2) is 13.4 Å². The Morgan fingerprint density at radius 1 is 1.16 bits per heavy atom. The maximum atomic E-state index is 13.3. The summed E-state index contributed by atoms with van der Waals surface area (Å²) in [5, 5.41) is 15.6. The first-order valence-electron chi connectivity index (χ1n) is 14.0. The Morgan fingerprint density at radius 3 is 2.52 bits per heavy atom. The summed E-state index contributed by atoms with van der Waals surface area (Å²) in [6.45, 7) is 5.57. The number of pyridine rings is 1. The number of fused-ring (bicyclic) bond motifs is 1. The van der Waals surface area contributed by atoms with Gasteiger partial charge < -0.3 is 30.0 Å². The average molecular weight is 625 g/mol. The van der Waals surface area contributed by atoms with Crippen LogP contribution >= 0.6 is 0 Å². The monoisotopic (exact) mass is 624 g/mol. The lowest BCUT2D eigenvalue weighted by molar-refractivity contribution is -0.138. The summed E-state index contributed by atoms with van der Waals surface area (Å²) in [4.78, 5) is 45.3. The quantitative estimate of drug-likeness (QED) is 0.132. The number of aryl methyl sites for hydroxylation is 3. The first kappa shape index (κ1) is 32.2. The smallest absolute Gasteiger partial charge is 0.323 e. The Morgan fingerprint density at radius 2 is 1.89 bits per heavy atom. The molecule has 14 heteroatoms. The number of aliphatic carboxylic acids is 1. The summed E-state index contributed by atoms with van der Waals surface area (Å²) in [6.07, 6.45) is 6.48. The van der Waals surface area contributed by atoms with E-state index in [1.807, 2.05) is 13.0 Å². The van der Waals surface area contributed by atoms with Crippen molar-refractivity contribution >= 4 is 38.8 Å². The minimum Gasteiger partial charge on any atom is -0.494 e. The standard InChI is InChI=1S/C30H36N6O7S/c1-5-6-11-43-21-12-18(2)27(19(3)13-21)44(41,42)35-24(29(39)40)16-33-28(38)23-17-36(4)25-14-20(7-8-22(25)26(23)37)15-34-30-31-9-10-32-30/h7-10,12-14,17,24,35H,5-6,11,15-16H2,1-4H3,(H,33,38)(H,39,40)(H2,31,32,34). The minimum atomic E-state index is -4.30. The number of carbonyl (C=O) groups is 2. The minimum absolute atomic E-state index is 0.0694. The van der Waals surface area contributed by atoms with Crippen LogP contribution < -0.4 is 25.5 Å². The van der Waals surface area contributed by atoms with Gasteiger partial charge in [-0.3, -0.25) is 14.4 Å². The van der Waals surface area contributed by atoms with Gasteiger partial charge in [-0.1, -0.05) is 19.4 Å². The number of sulfonamides is 1. The van der Waals surface area contributed by atoms with Crippen LogP contribution in [0.15, 0.2) is 58.6 Å². The van der Waals surface area contributed by atoms with Crippen molar-refractivity contribution in [2.45, 2.75) is 51.1 Å². The van der Waals surface area contributed by atoms with Crippen LogP contribution in [-0.4, -0.2) is 59.1 Å². The molecule has 1 atom stereocenters. The summed E-state index contributed by atoms with van der Waals surface area (Å²) < 4.78 is 36.0. The zero-order valence-corrected chi connectivity index (χ0v) is 25.7. The lowest BCUT2D eigenvalue weighted by Gasteiger charge is -2.19. The van der Waals surface area contributed by atoms with E-state index in [2.05, 4.69) is 25.3 Å². The Hall–Kier alpha value is -4.69. The van der Waals surface area contributed by atoms with Gasteiger partial charge >= 0.3 is 5.97 Å². The van der Waals surface area contributed by atoms with E-state index in [9.17, 15) is 27.9 Å². The van der Waals surface area contributed by atoms with Crippen LogP contribution in [0.25, 0.3) is 10.9 Å². The molecule has 0 aliphatic carbocycles. The van der Waals surface area contributed by atoms with E-state index in [0.29, 0.717) is 46.9 Å². The van der Waals surface area contributed by atoms with Crippen LogP contribution in [0, 0.1) is 13.8 Å². The molecular weight excluding hydrogens is 588 g/mol. The SMILES string of the molecule is CCCCOc1cc(C)c(S(=O)(=O)NC(CNC(=O)c2cn(C)c3cc(CNc4ncc[nH]4)ccc3c2=O)C(=O)O)c(C)c1. The second kappa shape index (κ2) is 13.7. The number of aromatic nitrogens is 3. The number of rotatable bonds is 14. The third-order valence-electron chi connectivity index (χ3n) is 6.99. The molecule has 2 aromatic carbocycles. The van der Waals surface area contributed by atoms with Gasteiger partial charge in [0.2, 0.25) is 15.5 Å². The van der Waals surface area contributed by atoms with Crippen LogP contribution in [0.3, 0.4) is 0 Å². The van der Waals surface area contributed by atoms with Crippen LogP contribution in [0.1, 0.15) is 46.8 Å². The Bertz CT molecular complexity index is 1810. The van der Waals surface area contributed by atoms with E-state index in [1.54, 1.807) is 62.1 Å². The van der Waals surface area contributed by atoms with Gasteiger partial charge in [0, 0.05) is 44.1 Å². The fourth-order valence-electron chi connectivity index (χ4n) is 4.82. The zero-order valence-electron chi connectivity index (χ0n) is 24.9. The predicted molar refractivity (Wildman–Crippen MR) is 166 cm³/mol. The number of aromatic amines is 1. The van der Waals surface area contributed by atoms with E-state index in [-0.39, 0.29) is 10.5 Å². The molecule has 0 aliphatic heterocycles. The molecule has 44 heavy (non-hydrogen) atoms. The lowest BCUT2D eigenvalue weighted by Crippen LogP contribution is -2.49. The van der Waals surface area contributed by atoms with Crippen molar-refractivity contribution in [3.05, 3.63) is 81.4 Å². The van der Waals surface area contributed by atoms with Gasteiger partial charge in [0.15, 0.2) is 5.95 Å². The third-order valence-corrected chi connectivity index (χ3v) is 8.76. The Kier molecular flexibility index (Phi) is 10.1. The molecule has 1 amide bonds. The summed E-state index contributed by atoms with van der Waals surface area (Å²) >= 11 is 0. The van der Waals surface area contributed by atoms with Gasteiger partial charge in [-0.05, 0) is 61.2 Å². The highest BCUT2D eigenvalue weighted by molar-refractivity contribution is 7.89. The van der Waals surface area contributed by atoms with Gasteiger partial charge in [0.25, 0.3) is 5.91 Å². The van der Waals surface area contributed by atoms with Crippen molar-refractivity contribution in [3.63, 3.8) is 0 Å². The number of hydrogen-bond donors (Lipinski definition) is 5. The number of nitrogens with zero attached hydrogens (tertiary/aromatic N) is 2. The fourth-order valence-corrected chi connectivity index (χ4v) is 6.46. The van der Waals surface area contributed by atoms with Crippen molar-refractivity contribution < 1.29 is 27.9 Å². The Balaban J connectivity index is 1.48. The molecule has 0 aliphatic rings. The van der Waals surface area contributed by atoms with E-state index < -0.39 is 39.9 Å². The van der Waals surface area contributed by atoms with E-state index in [1.165, 1.54) is 6.20 Å². The number of H-pyrrole nitrogens is 1. The van der Waals surface area contributed by atoms with Crippen LogP contribution in [0.2, 0.25) is 0 Å². The van der Waals surface area contributed by atoms with Gasteiger partial charge in [-0.2, -0.15) is 4.72 Å². The number of benzene rings is 2. The summed E-state index contributed by atoms with van der Waals surface area (Å²) in [5.74, 6) is -1.20. The van der Waals surface area contributed by atoms with E-state index >= 15 is 0 Å². The molecule has 2 heterocycles. The molecular formula is C30H36N6O7S. The molecule has 0 bridgehead atoms. The van der Waals surface area contributed by atoms with Crippen molar-refractivity contribution in [2.75, 3.05) is 18.5 Å². The summed E-state index contributed by atoms with van der Waals surface area (Å²) in [5.41, 5.74) is 1.49. The molecule has 4 rings (SSSR count). The molecule has 4 aromatic rings. The molecule has 0 spiro atoms. The molecule has 234 valence electrons. The first-order chi connectivity index (χ1) is 20.9. The molecule has 5 N–H and O–H groups in total. The number of carboxylic acids is 1. The number of unbranched alkanes of at least 4 members (excludes halogenated alkanes) is 1. The summed E-state index contributed by atoms with van der Waals surface area (Å²) in [6, 6.07) is 6.66. The van der Waals surface area contributed by atoms with E-state index in [4.69, 9.17) is 4.74 Å². The van der Waals surface area contributed by atoms with Crippen molar-refractivity contribution in [3.8, 4) is 5.75 Å². The van der Waals surface area contributed by atoms with E-state index in [0.717, 1.165) is 18.4 Å².